The Morgan fingerprint density at radius 3 is 2.84 bits per heavy atom. The molecule has 1 heterocycles. The number of benzene rings is 2. The minimum Gasteiger partial charge on any atom is -0.872 e. The third kappa shape index (κ3) is 3.29. The van der Waals surface area contributed by atoms with Crippen molar-refractivity contribution in [3.63, 3.8) is 0 Å². The van der Waals surface area contributed by atoms with Gasteiger partial charge in [0.15, 0.2) is 0 Å². The van der Waals surface area contributed by atoms with E-state index < -0.39 is 17.7 Å². The molecule has 3 rings (SSSR count). The summed E-state index contributed by atoms with van der Waals surface area (Å²) >= 11 is 3.23. The van der Waals surface area contributed by atoms with Crippen LogP contribution in [0.4, 0.5) is 5.69 Å². The van der Waals surface area contributed by atoms with Crippen LogP contribution in [0.25, 0.3) is 0 Å². The summed E-state index contributed by atoms with van der Waals surface area (Å²) in [5, 5.41) is 11.8. The number of nitrogens with one attached hydrogen (secondary N) is 2. The zero-order valence-electron chi connectivity index (χ0n) is 13.2. The summed E-state index contributed by atoms with van der Waals surface area (Å²) in [6.07, 6.45) is 1.64. The number of carbonyl (C=O) groups is 2. The number of hydrogen-bond acceptors (Lipinski definition) is 4. The molecule has 128 valence electrons. The van der Waals surface area contributed by atoms with E-state index in [-0.39, 0.29) is 11.5 Å². The minimum atomic E-state index is -0.720. The van der Waals surface area contributed by atoms with Gasteiger partial charge in [-0.1, -0.05) is 52.0 Å². The van der Waals surface area contributed by atoms with Gasteiger partial charge in [0.05, 0.1) is 0 Å². The van der Waals surface area contributed by atoms with Gasteiger partial charge in [-0.3, -0.25) is 15.0 Å². The van der Waals surface area contributed by atoms with Crippen molar-refractivity contribution in [2.75, 3.05) is 11.4 Å². The number of rotatable bonds is 5. The van der Waals surface area contributed by atoms with Crippen LogP contribution in [0.2, 0.25) is 0 Å². The molecule has 0 bridgehead atoms. The second kappa shape index (κ2) is 7.08. The van der Waals surface area contributed by atoms with E-state index in [0.29, 0.717) is 11.0 Å². The maximum Gasteiger partial charge on any atom is 0.264 e. The average molecular weight is 401 g/mol. The zero-order chi connectivity index (χ0) is 18.0. The number of hydrazine groups is 1. The van der Waals surface area contributed by atoms with Gasteiger partial charge in [0.25, 0.3) is 11.8 Å². The maximum atomic E-state index is 12.6. The maximum absolute atomic E-state index is 12.6. The molecular weight excluding hydrogens is 386 g/mol. The summed E-state index contributed by atoms with van der Waals surface area (Å²) in [5.41, 5.74) is 6.72. The Kier molecular flexibility index (Phi) is 4.87. The Hall–Kier alpha value is -2.64. The van der Waals surface area contributed by atoms with Crippen LogP contribution >= 0.6 is 15.9 Å². The van der Waals surface area contributed by atoms with E-state index in [2.05, 4.69) is 33.4 Å². The predicted molar refractivity (Wildman–Crippen MR) is 95.9 cm³/mol. The number of amides is 2. The van der Waals surface area contributed by atoms with Crippen LogP contribution in [-0.2, 0) is 4.79 Å². The molecule has 1 aliphatic rings. The summed E-state index contributed by atoms with van der Waals surface area (Å²) in [4.78, 5) is 26.5. The summed E-state index contributed by atoms with van der Waals surface area (Å²) in [6, 6.07) is 10.9. The summed E-state index contributed by atoms with van der Waals surface area (Å²) in [5.74, 6) is -1.19. The molecule has 2 N–H and O–H groups in total. The first-order chi connectivity index (χ1) is 12.0. The van der Waals surface area contributed by atoms with Crippen molar-refractivity contribution in [1.29, 1.82) is 0 Å². The van der Waals surface area contributed by atoms with E-state index >= 15 is 0 Å². The number of hydrogen-bond donors (Lipinski definition) is 2. The molecule has 0 radical (unpaired) electrons. The van der Waals surface area contributed by atoms with Crippen molar-refractivity contribution in [3.8, 4) is 5.75 Å². The number of anilines is 1. The Balaban J connectivity index is 1.79. The molecule has 1 aliphatic heterocycles. The summed E-state index contributed by atoms with van der Waals surface area (Å²) in [6.45, 7) is 4.04. The fourth-order valence-electron chi connectivity index (χ4n) is 2.73. The van der Waals surface area contributed by atoms with Crippen LogP contribution < -0.4 is 20.9 Å². The highest BCUT2D eigenvalue weighted by Crippen LogP contribution is 2.35. The third-order valence-electron chi connectivity index (χ3n) is 3.88. The van der Waals surface area contributed by atoms with E-state index in [1.54, 1.807) is 17.0 Å². The SMILES string of the molecule is C=CCN1C(=O)C(NNC(=O)c2cc(Br)ccc2[O-])c2ccccc21. The second-order valence-corrected chi connectivity index (χ2v) is 6.38. The van der Waals surface area contributed by atoms with Gasteiger partial charge in [-0.2, -0.15) is 0 Å². The molecule has 1 atom stereocenters. The fraction of sp³-hybridized carbons (Fsp3) is 0.111. The van der Waals surface area contributed by atoms with Gasteiger partial charge < -0.3 is 10.0 Å². The average Bonchev–Trinajstić information content (AvgIpc) is 2.87. The number of nitrogens with zero attached hydrogens (tertiary/aromatic N) is 1. The van der Waals surface area contributed by atoms with Gasteiger partial charge in [-0.25, -0.2) is 5.43 Å². The van der Waals surface area contributed by atoms with Crippen LogP contribution in [0.15, 0.2) is 59.6 Å². The molecule has 2 aromatic carbocycles. The molecule has 0 saturated carbocycles. The number of halogens is 1. The Labute approximate surface area is 153 Å². The van der Waals surface area contributed by atoms with Crippen molar-refractivity contribution >= 4 is 33.4 Å². The van der Waals surface area contributed by atoms with Crippen molar-refractivity contribution < 1.29 is 14.7 Å². The predicted octanol–water partition coefficient (Wildman–Crippen LogP) is 2.03. The molecule has 0 fully saturated rings. The normalized spacial score (nSPS) is 15.8. The molecule has 0 spiro atoms. The van der Waals surface area contributed by atoms with Crippen LogP contribution in [-0.4, -0.2) is 18.4 Å². The van der Waals surface area contributed by atoms with Crippen molar-refractivity contribution in [2.45, 2.75) is 6.04 Å². The van der Waals surface area contributed by atoms with Crippen molar-refractivity contribution in [2.24, 2.45) is 0 Å². The van der Waals surface area contributed by atoms with Crippen LogP contribution in [0.1, 0.15) is 22.0 Å². The first kappa shape index (κ1) is 17.2. The lowest BCUT2D eigenvalue weighted by Crippen LogP contribution is -2.44. The second-order valence-electron chi connectivity index (χ2n) is 5.47. The van der Waals surface area contributed by atoms with E-state index in [9.17, 15) is 14.7 Å². The largest absolute Gasteiger partial charge is 0.872 e. The molecule has 0 saturated heterocycles. The quantitative estimate of drug-likeness (QED) is 0.593. The van der Waals surface area contributed by atoms with Crippen LogP contribution in [0, 0.1) is 0 Å². The molecule has 1 unspecified atom stereocenters. The summed E-state index contributed by atoms with van der Waals surface area (Å²) < 4.78 is 0.622. The highest BCUT2D eigenvalue weighted by atomic mass is 79.9. The molecule has 0 aromatic heterocycles. The first-order valence-corrected chi connectivity index (χ1v) is 8.36. The lowest BCUT2D eigenvalue weighted by molar-refractivity contribution is -0.268. The van der Waals surface area contributed by atoms with E-state index in [4.69, 9.17) is 0 Å². The van der Waals surface area contributed by atoms with Crippen LogP contribution in [0.5, 0.6) is 5.75 Å². The Morgan fingerprint density at radius 1 is 1.32 bits per heavy atom. The number of para-hydroxylation sites is 1. The lowest BCUT2D eigenvalue weighted by atomic mass is 10.1. The van der Waals surface area contributed by atoms with Crippen molar-refractivity contribution in [3.05, 3.63) is 70.7 Å². The number of fused-ring (bicyclic) bond motifs is 1. The molecular formula is C18H15BrN3O3-. The van der Waals surface area contributed by atoms with Gasteiger partial charge in [0, 0.05) is 27.8 Å². The first-order valence-electron chi connectivity index (χ1n) is 7.56. The van der Waals surface area contributed by atoms with E-state index in [1.165, 1.54) is 12.1 Å². The fourth-order valence-corrected chi connectivity index (χ4v) is 3.09. The molecule has 0 aliphatic carbocycles. The standard InChI is InChI=1S/C18H16BrN3O3/c1-2-9-22-14-6-4-3-5-12(14)16(18(22)25)20-21-17(24)13-10-11(19)7-8-15(13)23/h2-8,10,16,20,23H,1,9H2,(H,21,24)/p-1. The highest BCUT2D eigenvalue weighted by molar-refractivity contribution is 9.10. The zero-order valence-corrected chi connectivity index (χ0v) is 14.7. The molecule has 6 nitrogen and oxygen atoms in total. The smallest absolute Gasteiger partial charge is 0.264 e. The molecule has 25 heavy (non-hydrogen) atoms. The number of carbonyl (C=O) groups excluding carboxylic acids is 2. The molecule has 2 aromatic rings. The van der Waals surface area contributed by atoms with Crippen molar-refractivity contribution in [1.82, 2.24) is 10.9 Å². The van der Waals surface area contributed by atoms with Gasteiger partial charge >= 0.3 is 0 Å². The lowest BCUT2D eigenvalue weighted by Gasteiger charge is -2.18. The van der Waals surface area contributed by atoms with E-state index in [1.807, 2.05) is 24.3 Å². The van der Waals surface area contributed by atoms with Gasteiger partial charge in [-0.05, 0) is 18.2 Å². The Morgan fingerprint density at radius 2 is 2.08 bits per heavy atom. The third-order valence-corrected chi connectivity index (χ3v) is 4.37. The van der Waals surface area contributed by atoms with Gasteiger partial charge in [-0.15, -0.1) is 6.58 Å². The van der Waals surface area contributed by atoms with Gasteiger partial charge in [0.1, 0.15) is 6.04 Å². The Bertz CT molecular complexity index is 853. The van der Waals surface area contributed by atoms with E-state index in [0.717, 1.165) is 11.3 Å². The topological polar surface area (TPSA) is 84.5 Å². The highest BCUT2D eigenvalue weighted by Gasteiger charge is 2.36. The van der Waals surface area contributed by atoms with Crippen LogP contribution in [0.3, 0.4) is 0 Å². The molecule has 7 heteroatoms. The summed E-state index contributed by atoms with van der Waals surface area (Å²) in [7, 11) is 0. The van der Waals surface area contributed by atoms with Gasteiger partial charge in [0.2, 0.25) is 0 Å². The minimum absolute atomic E-state index is 0.0106. The monoisotopic (exact) mass is 400 g/mol. The molecule has 2 amide bonds.